The molecular formula is C28H46BrN2O5P. The predicted molar refractivity (Wildman–Crippen MR) is 144 cm³/mol. The van der Waals surface area contributed by atoms with Crippen LogP contribution in [0, 0.1) is 5.41 Å². The Labute approximate surface area is 234 Å². The fourth-order valence-electron chi connectivity index (χ4n) is 4.09. The Kier molecular flexibility index (Phi) is 13.0. The van der Waals surface area contributed by atoms with Gasteiger partial charge in [-0.2, -0.15) is 5.06 Å². The fraction of sp³-hybridized carbons (Fsp3) is 0.607. The van der Waals surface area contributed by atoms with Crippen molar-refractivity contribution in [3.8, 4) is 5.75 Å². The van der Waals surface area contributed by atoms with Crippen LogP contribution in [-0.2, 0) is 25.0 Å². The normalized spacial score (nSPS) is 14.2. The highest BCUT2D eigenvalue weighted by molar-refractivity contribution is 7.54. The van der Waals surface area contributed by atoms with E-state index in [0.29, 0.717) is 13.2 Å². The Hall–Kier alpha value is -1.28. The van der Waals surface area contributed by atoms with Gasteiger partial charge in [-0.05, 0) is 76.8 Å². The first-order valence-corrected chi connectivity index (χ1v) is 14.3. The number of nitrogens with zero attached hydrogens (tertiary/aromatic N) is 2. The molecule has 0 N–H and O–H groups in total. The number of hydrogen-bond donors (Lipinski definition) is 0. The van der Waals surface area contributed by atoms with E-state index in [0.717, 1.165) is 17.9 Å². The first kappa shape index (κ1) is 33.7. The summed E-state index contributed by atoms with van der Waals surface area (Å²) in [5.74, 6) is 0.247. The number of rotatable bonds is 12. The van der Waals surface area contributed by atoms with Gasteiger partial charge >= 0.3 is 7.60 Å². The summed E-state index contributed by atoms with van der Waals surface area (Å²) in [5, 5.41) is 1.84. The van der Waals surface area contributed by atoms with Gasteiger partial charge in [0.15, 0.2) is 18.9 Å². The van der Waals surface area contributed by atoms with Gasteiger partial charge < -0.3 is 30.8 Å². The van der Waals surface area contributed by atoms with Gasteiger partial charge in [0.2, 0.25) is 0 Å². The molecule has 7 nitrogen and oxygen atoms in total. The molecule has 2 unspecified atom stereocenters. The van der Waals surface area contributed by atoms with Gasteiger partial charge in [0, 0.05) is 23.2 Å². The number of hydrogen-bond acceptors (Lipinski definition) is 6. The monoisotopic (exact) mass is 600 g/mol. The molecule has 9 heteroatoms. The number of aromatic nitrogens is 1. The van der Waals surface area contributed by atoms with Crippen molar-refractivity contribution in [3.63, 3.8) is 0 Å². The summed E-state index contributed by atoms with van der Waals surface area (Å²) in [4.78, 5) is 6.59. The van der Waals surface area contributed by atoms with Gasteiger partial charge in [-0.25, -0.2) is 4.57 Å². The van der Waals surface area contributed by atoms with Crippen LogP contribution >= 0.6 is 7.60 Å². The third-order valence-corrected chi connectivity index (χ3v) is 8.58. The summed E-state index contributed by atoms with van der Waals surface area (Å²) in [5.41, 5.74) is 1.31. The summed E-state index contributed by atoms with van der Waals surface area (Å²) in [7, 11) is -1.85. The van der Waals surface area contributed by atoms with E-state index in [4.69, 9.17) is 18.6 Å². The highest BCUT2D eigenvalue weighted by atomic mass is 79.9. The second-order valence-electron chi connectivity index (χ2n) is 11.0. The van der Waals surface area contributed by atoms with E-state index in [2.05, 4.69) is 49.6 Å². The lowest BCUT2D eigenvalue weighted by atomic mass is 9.94. The topological polar surface area (TPSA) is 61.1 Å². The lowest BCUT2D eigenvalue weighted by molar-refractivity contribution is -0.688. The average molecular weight is 602 g/mol. The lowest BCUT2D eigenvalue weighted by Crippen LogP contribution is -3.00. The molecule has 0 aliphatic rings. The van der Waals surface area contributed by atoms with Crippen molar-refractivity contribution in [2.75, 3.05) is 20.3 Å². The highest BCUT2D eigenvalue weighted by Gasteiger charge is 2.51. The standard InChI is InChI=1S/C28H46N2O5P.BrH/c1-11-33-36(31,34-12-2)26(27(4,5)6)30(28(7,8)9)35-22(3)24-17-19-29(20-18-24)21-23-13-15-25(32-10)16-14-23;/h13-20,22,26H,11-12,21H2,1-10H3;1H/q+1;/p-1. The van der Waals surface area contributed by atoms with Crippen LogP contribution in [0.3, 0.4) is 0 Å². The summed E-state index contributed by atoms with van der Waals surface area (Å²) in [6.07, 6.45) is 3.82. The van der Waals surface area contributed by atoms with Gasteiger partial charge in [-0.1, -0.05) is 20.8 Å². The Morgan fingerprint density at radius 1 is 0.919 bits per heavy atom. The molecule has 0 bridgehead atoms. The van der Waals surface area contributed by atoms with Crippen LogP contribution < -0.4 is 26.3 Å². The minimum atomic E-state index is -3.52. The molecule has 2 aromatic rings. The molecule has 0 radical (unpaired) electrons. The van der Waals surface area contributed by atoms with Gasteiger partial charge in [-0.3, -0.25) is 9.40 Å². The smallest absolute Gasteiger partial charge is 0.350 e. The Morgan fingerprint density at radius 2 is 1.43 bits per heavy atom. The number of benzene rings is 1. The van der Waals surface area contributed by atoms with Crippen LogP contribution in [-0.4, -0.2) is 36.7 Å². The maximum Gasteiger partial charge on any atom is 0.350 e. The predicted octanol–water partition coefficient (Wildman–Crippen LogP) is 3.77. The quantitative estimate of drug-likeness (QED) is 0.210. The summed E-state index contributed by atoms with van der Waals surface area (Å²) < 4.78 is 33.0. The van der Waals surface area contributed by atoms with E-state index in [1.807, 2.05) is 71.1 Å². The first-order valence-electron chi connectivity index (χ1n) is 12.7. The molecule has 37 heavy (non-hydrogen) atoms. The molecule has 2 rings (SSSR count). The van der Waals surface area contributed by atoms with Crippen molar-refractivity contribution in [2.24, 2.45) is 5.41 Å². The van der Waals surface area contributed by atoms with Crippen molar-refractivity contribution in [2.45, 2.75) is 86.3 Å². The second-order valence-corrected chi connectivity index (χ2v) is 13.1. The minimum absolute atomic E-state index is 0. The maximum absolute atomic E-state index is 14.0. The lowest BCUT2D eigenvalue weighted by Gasteiger charge is -2.48. The van der Waals surface area contributed by atoms with Gasteiger partial charge in [-0.15, -0.1) is 0 Å². The van der Waals surface area contributed by atoms with Crippen molar-refractivity contribution in [1.29, 1.82) is 0 Å². The highest BCUT2D eigenvalue weighted by Crippen LogP contribution is 2.61. The number of ether oxygens (including phenoxy) is 1. The molecule has 2 atom stereocenters. The molecule has 210 valence electrons. The molecule has 0 aliphatic heterocycles. The molecule has 0 saturated carbocycles. The molecule has 1 heterocycles. The van der Waals surface area contributed by atoms with E-state index in [-0.39, 0.29) is 23.1 Å². The van der Waals surface area contributed by atoms with Crippen molar-refractivity contribution in [3.05, 3.63) is 59.9 Å². The minimum Gasteiger partial charge on any atom is -1.00 e. The molecule has 0 amide bonds. The zero-order valence-corrected chi connectivity index (χ0v) is 26.6. The van der Waals surface area contributed by atoms with Crippen molar-refractivity contribution < 1.29 is 44.7 Å². The van der Waals surface area contributed by atoms with Gasteiger partial charge in [0.05, 0.1) is 20.3 Å². The van der Waals surface area contributed by atoms with Crippen LogP contribution in [0.15, 0.2) is 48.8 Å². The largest absolute Gasteiger partial charge is 1.00 e. The second kappa shape index (κ2) is 14.2. The average Bonchev–Trinajstić information content (AvgIpc) is 2.78. The molecule has 0 spiro atoms. The van der Waals surface area contributed by atoms with E-state index in [9.17, 15) is 4.57 Å². The number of halogens is 1. The van der Waals surface area contributed by atoms with E-state index in [1.165, 1.54) is 5.56 Å². The van der Waals surface area contributed by atoms with E-state index < -0.39 is 24.3 Å². The fourth-order valence-corrected chi connectivity index (χ4v) is 6.78. The van der Waals surface area contributed by atoms with Crippen molar-refractivity contribution in [1.82, 2.24) is 5.06 Å². The van der Waals surface area contributed by atoms with Gasteiger partial charge in [0.1, 0.15) is 17.6 Å². The van der Waals surface area contributed by atoms with Gasteiger partial charge in [0.25, 0.3) is 0 Å². The molecule has 0 saturated heterocycles. The van der Waals surface area contributed by atoms with E-state index >= 15 is 0 Å². The Morgan fingerprint density at radius 3 is 1.84 bits per heavy atom. The molecular weight excluding hydrogens is 555 g/mol. The summed E-state index contributed by atoms with van der Waals surface area (Å²) in [6, 6.07) is 12.2. The first-order chi connectivity index (χ1) is 16.7. The maximum atomic E-state index is 14.0. The van der Waals surface area contributed by atoms with Crippen LogP contribution in [0.25, 0.3) is 0 Å². The van der Waals surface area contributed by atoms with Crippen LogP contribution in [0.2, 0.25) is 0 Å². The zero-order chi connectivity index (χ0) is 27.1. The summed E-state index contributed by atoms with van der Waals surface area (Å²) >= 11 is 0. The van der Waals surface area contributed by atoms with E-state index in [1.54, 1.807) is 7.11 Å². The number of methoxy groups -OCH3 is 1. The van der Waals surface area contributed by atoms with Crippen LogP contribution in [0.5, 0.6) is 5.75 Å². The summed E-state index contributed by atoms with van der Waals surface area (Å²) in [6.45, 7) is 19.3. The van der Waals surface area contributed by atoms with Crippen LogP contribution in [0.1, 0.15) is 79.5 Å². The number of pyridine rings is 1. The zero-order valence-electron chi connectivity index (χ0n) is 24.2. The van der Waals surface area contributed by atoms with Crippen LogP contribution in [0.4, 0.5) is 0 Å². The molecule has 0 fully saturated rings. The number of hydroxylamine groups is 2. The Balaban J connectivity index is 0.00000684. The molecule has 1 aromatic heterocycles. The molecule has 0 aliphatic carbocycles. The molecule has 1 aromatic carbocycles. The SMILES string of the molecule is CCOP(=O)(OCC)C(N(OC(C)c1cc[n+](Cc2ccc(OC)cc2)cc1)C(C)(C)C)C(C)(C)C.[Br-]. The van der Waals surface area contributed by atoms with Crippen molar-refractivity contribution >= 4 is 7.60 Å². The third kappa shape index (κ3) is 9.45. The Bertz CT molecular complexity index is 978. The third-order valence-electron chi connectivity index (χ3n) is 5.76.